The van der Waals surface area contributed by atoms with Crippen molar-refractivity contribution in [3.8, 4) is 5.75 Å². The Morgan fingerprint density at radius 1 is 1.53 bits per heavy atom. The van der Waals surface area contributed by atoms with Gasteiger partial charge in [-0.25, -0.2) is 0 Å². The quantitative estimate of drug-likeness (QED) is 0.580. The summed E-state index contributed by atoms with van der Waals surface area (Å²) in [5, 5.41) is 23.8. The van der Waals surface area contributed by atoms with Crippen molar-refractivity contribution in [2.45, 2.75) is 26.4 Å². The van der Waals surface area contributed by atoms with E-state index in [9.17, 15) is 15.2 Å². The first kappa shape index (κ1) is 15.4. The smallest absolute Gasteiger partial charge is 0.273 e. The molecule has 0 bridgehead atoms. The predicted octanol–water partition coefficient (Wildman–Crippen LogP) is 1.64. The summed E-state index contributed by atoms with van der Waals surface area (Å²) in [6, 6.07) is 4.43. The standard InChI is InChI=1S/C13H20N2O4/c1-4-14-8-13(3,16)9-19-12-7-11(15(17)18)6-5-10(12)2/h5-7,14,16H,4,8-9H2,1-3H3. The SMILES string of the molecule is CCNCC(C)(O)COc1cc([N+](=O)[O-])ccc1C. The van der Waals surface area contributed by atoms with Gasteiger partial charge in [-0.05, 0) is 32.0 Å². The number of hydrogen-bond acceptors (Lipinski definition) is 5. The number of hydrogen-bond donors (Lipinski definition) is 2. The minimum Gasteiger partial charge on any atom is -0.490 e. The number of benzene rings is 1. The molecule has 0 aliphatic rings. The third kappa shape index (κ3) is 4.84. The molecule has 0 fully saturated rings. The lowest BCUT2D eigenvalue weighted by Gasteiger charge is -2.24. The van der Waals surface area contributed by atoms with E-state index in [4.69, 9.17) is 4.74 Å². The number of aryl methyl sites for hydroxylation is 1. The van der Waals surface area contributed by atoms with E-state index in [-0.39, 0.29) is 12.3 Å². The number of rotatable bonds is 7. The number of nitro benzene ring substituents is 1. The molecule has 2 N–H and O–H groups in total. The zero-order chi connectivity index (χ0) is 14.5. The molecule has 0 aliphatic carbocycles. The fraction of sp³-hybridized carbons (Fsp3) is 0.538. The first-order valence-electron chi connectivity index (χ1n) is 6.16. The van der Waals surface area contributed by atoms with Crippen LogP contribution < -0.4 is 10.1 Å². The van der Waals surface area contributed by atoms with Crippen LogP contribution in [-0.4, -0.2) is 35.3 Å². The summed E-state index contributed by atoms with van der Waals surface area (Å²) in [7, 11) is 0. The maximum Gasteiger partial charge on any atom is 0.273 e. The van der Waals surface area contributed by atoms with Crippen molar-refractivity contribution >= 4 is 5.69 Å². The molecule has 6 heteroatoms. The molecule has 1 aromatic rings. The third-order valence-corrected chi connectivity index (χ3v) is 2.68. The van der Waals surface area contributed by atoms with E-state index in [0.29, 0.717) is 12.3 Å². The van der Waals surface area contributed by atoms with Crippen LogP contribution in [-0.2, 0) is 0 Å². The first-order chi connectivity index (χ1) is 8.85. The van der Waals surface area contributed by atoms with E-state index >= 15 is 0 Å². The second kappa shape index (κ2) is 6.49. The Labute approximate surface area is 112 Å². The van der Waals surface area contributed by atoms with Crippen LogP contribution in [0.3, 0.4) is 0 Å². The van der Waals surface area contributed by atoms with Crippen LogP contribution in [0.15, 0.2) is 18.2 Å². The van der Waals surface area contributed by atoms with Crippen LogP contribution in [0.4, 0.5) is 5.69 Å². The second-order valence-corrected chi connectivity index (χ2v) is 4.77. The molecule has 0 aromatic heterocycles. The summed E-state index contributed by atoms with van der Waals surface area (Å²) in [5.41, 5.74) is -0.246. The summed E-state index contributed by atoms with van der Waals surface area (Å²) >= 11 is 0. The summed E-state index contributed by atoms with van der Waals surface area (Å²) in [5.74, 6) is 0.422. The van der Waals surface area contributed by atoms with Gasteiger partial charge in [0.05, 0.1) is 11.0 Å². The van der Waals surface area contributed by atoms with E-state index in [1.165, 1.54) is 12.1 Å². The molecule has 0 saturated heterocycles. The topological polar surface area (TPSA) is 84.6 Å². The van der Waals surface area contributed by atoms with Crippen molar-refractivity contribution in [2.75, 3.05) is 19.7 Å². The van der Waals surface area contributed by atoms with Crippen molar-refractivity contribution in [2.24, 2.45) is 0 Å². The second-order valence-electron chi connectivity index (χ2n) is 4.77. The highest BCUT2D eigenvalue weighted by Gasteiger charge is 2.21. The predicted molar refractivity (Wildman–Crippen MR) is 72.5 cm³/mol. The molecular formula is C13H20N2O4. The highest BCUT2D eigenvalue weighted by atomic mass is 16.6. The largest absolute Gasteiger partial charge is 0.490 e. The molecule has 0 aliphatic heterocycles. The Hall–Kier alpha value is -1.66. The molecule has 1 rings (SSSR count). The van der Waals surface area contributed by atoms with Gasteiger partial charge in [0.15, 0.2) is 0 Å². The highest BCUT2D eigenvalue weighted by Crippen LogP contribution is 2.24. The van der Waals surface area contributed by atoms with E-state index in [1.54, 1.807) is 19.9 Å². The van der Waals surface area contributed by atoms with E-state index in [0.717, 1.165) is 12.1 Å². The summed E-state index contributed by atoms with van der Waals surface area (Å²) < 4.78 is 5.50. The van der Waals surface area contributed by atoms with E-state index in [2.05, 4.69) is 5.32 Å². The molecular weight excluding hydrogens is 248 g/mol. The third-order valence-electron chi connectivity index (χ3n) is 2.68. The Morgan fingerprint density at radius 2 is 2.21 bits per heavy atom. The van der Waals surface area contributed by atoms with Gasteiger partial charge in [0, 0.05) is 12.6 Å². The van der Waals surface area contributed by atoms with E-state index in [1.807, 2.05) is 6.92 Å². The summed E-state index contributed by atoms with van der Waals surface area (Å²) in [6.07, 6.45) is 0. The van der Waals surface area contributed by atoms with Gasteiger partial charge >= 0.3 is 0 Å². The molecule has 1 aromatic carbocycles. The molecule has 0 heterocycles. The number of nitrogens with one attached hydrogen (secondary N) is 1. The maximum absolute atomic E-state index is 10.7. The Morgan fingerprint density at radius 3 is 2.79 bits per heavy atom. The van der Waals surface area contributed by atoms with Gasteiger partial charge in [-0.3, -0.25) is 10.1 Å². The van der Waals surface area contributed by atoms with Crippen LogP contribution in [0.5, 0.6) is 5.75 Å². The minimum atomic E-state index is -1.02. The maximum atomic E-state index is 10.7. The Balaban J connectivity index is 2.71. The fourth-order valence-electron chi connectivity index (χ4n) is 1.54. The number of likely N-dealkylation sites (N-methyl/N-ethyl adjacent to an activating group) is 1. The monoisotopic (exact) mass is 268 g/mol. The van der Waals surface area contributed by atoms with Crippen molar-refractivity contribution in [3.05, 3.63) is 33.9 Å². The normalized spacial score (nSPS) is 13.9. The zero-order valence-corrected chi connectivity index (χ0v) is 11.5. The lowest BCUT2D eigenvalue weighted by atomic mass is 10.1. The van der Waals surface area contributed by atoms with Gasteiger partial charge < -0.3 is 15.2 Å². The van der Waals surface area contributed by atoms with E-state index < -0.39 is 10.5 Å². The van der Waals surface area contributed by atoms with Crippen LogP contribution in [0.1, 0.15) is 19.4 Å². The van der Waals surface area contributed by atoms with Crippen LogP contribution in [0.2, 0.25) is 0 Å². The average Bonchev–Trinajstić information content (AvgIpc) is 2.35. The number of aliphatic hydroxyl groups is 1. The molecule has 6 nitrogen and oxygen atoms in total. The van der Waals surface area contributed by atoms with Gasteiger partial charge in [-0.2, -0.15) is 0 Å². The number of nitrogens with zero attached hydrogens (tertiary/aromatic N) is 1. The lowest BCUT2D eigenvalue weighted by molar-refractivity contribution is -0.385. The molecule has 1 atom stereocenters. The van der Waals surface area contributed by atoms with Crippen molar-refractivity contribution < 1.29 is 14.8 Å². The molecule has 106 valence electrons. The Kier molecular flexibility index (Phi) is 5.26. The van der Waals surface area contributed by atoms with Crippen molar-refractivity contribution in [3.63, 3.8) is 0 Å². The molecule has 1 unspecified atom stereocenters. The first-order valence-corrected chi connectivity index (χ1v) is 6.16. The van der Waals surface area contributed by atoms with Crippen LogP contribution in [0.25, 0.3) is 0 Å². The highest BCUT2D eigenvalue weighted by molar-refractivity contribution is 5.43. The molecule has 0 amide bonds. The molecule has 0 saturated carbocycles. The van der Waals surface area contributed by atoms with Gasteiger partial charge in [-0.1, -0.05) is 6.92 Å². The van der Waals surface area contributed by atoms with Crippen LogP contribution in [0, 0.1) is 17.0 Å². The number of non-ortho nitro benzene ring substituents is 1. The van der Waals surface area contributed by atoms with Crippen LogP contribution >= 0.6 is 0 Å². The van der Waals surface area contributed by atoms with Gasteiger partial charge in [-0.15, -0.1) is 0 Å². The number of nitro groups is 1. The molecule has 19 heavy (non-hydrogen) atoms. The zero-order valence-electron chi connectivity index (χ0n) is 11.5. The van der Waals surface area contributed by atoms with Gasteiger partial charge in [0.25, 0.3) is 5.69 Å². The number of ether oxygens (including phenoxy) is 1. The summed E-state index contributed by atoms with van der Waals surface area (Å²) in [6.45, 7) is 6.63. The van der Waals surface area contributed by atoms with Gasteiger partial charge in [0.1, 0.15) is 18.0 Å². The Bertz CT molecular complexity index is 446. The lowest BCUT2D eigenvalue weighted by Crippen LogP contribution is -2.42. The average molecular weight is 268 g/mol. The minimum absolute atomic E-state index is 0.0214. The molecule has 0 spiro atoms. The van der Waals surface area contributed by atoms with Crippen molar-refractivity contribution in [1.29, 1.82) is 0 Å². The van der Waals surface area contributed by atoms with Crippen molar-refractivity contribution in [1.82, 2.24) is 5.32 Å². The fourth-order valence-corrected chi connectivity index (χ4v) is 1.54. The summed E-state index contributed by atoms with van der Waals surface area (Å²) in [4.78, 5) is 10.2. The van der Waals surface area contributed by atoms with Gasteiger partial charge in [0.2, 0.25) is 0 Å². The molecule has 0 radical (unpaired) electrons.